The summed E-state index contributed by atoms with van der Waals surface area (Å²) in [5.74, 6) is 0. The third-order valence-electron chi connectivity index (χ3n) is 3.52. The van der Waals surface area contributed by atoms with Gasteiger partial charge >= 0.3 is 0 Å². The van der Waals surface area contributed by atoms with E-state index in [4.69, 9.17) is 12.2 Å². The van der Waals surface area contributed by atoms with Crippen LogP contribution in [0.3, 0.4) is 0 Å². The van der Waals surface area contributed by atoms with Gasteiger partial charge in [0.2, 0.25) is 0 Å². The van der Waals surface area contributed by atoms with Crippen molar-refractivity contribution >= 4 is 23.0 Å². The molecule has 0 bridgehead atoms. The molecule has 0 aromatic heterocycles. The average Bonchev–Trinajstić information content (AvgIpc) is 2.67. The van der Waals surface area contributed by atoms with E-state index in [0.29, 0.717) is 0 Å². The van der Waals surface area contributed by atoms with E-state index >= 15 is 0 Å². The average molecular weight is 277 g/mol. The molecule has 1 aliphatic heterocycles. The highest BCUT2D eigenvalue weighted by Gasteiger charge is 2.35. The zero-order valence-corrected chi connectivity index (χ0v) is 12.8. The number of benzene rings is 1. The van der Waals surface area contributed by atoms with Crippen LogP contribution in [0.4, 0.5) is 5.69 Å². The van der Waals surface area contributed by atoms with E-state index < -0.39 is 0 Å². The van der Waals surface area contributed by atoms with Crippen LogP contribution < -0.4 is 15.8 Å². The Morgan fingerprint density at radius 2 is 1.89 bits per heavy atom. The Morgan fingerprint density at radius 1 is 1.21 bits per heavy atom. The molecule has 0 radical (unpaired) electrons. The molecule has 0 amide bonds. The van der Waals surface area contributed by atoms with Crippen molar-refractivity contribution in [2.24, 2.45) is 0 Å². The smallest absolute Gasteiger partial charge is 0.189 e. The molecule has 4 heteroatoms. The first-order chi connectivity index (χ1) is 9.04. The monoisotopic (exact) mass is 277 g/mol. The van der Waals surface area contributed by atoms with Crippen LogP contribution in [0, 0.1) is 6.92 Å². The molecule has 1 saturated heterocycles. The quantitative estimate of drug-likeness (QED) is 0.636. The molecule has 2 rings (SSSR count). The maximum atomic E-state index is 5.44. The van der Waals surface area contributed by atoms with Gasteiger partial charge in [-0.05, 0) is 51.0 Å². The van der Waals surface area contributed by atoms with Gasteiger partial charge in [0.05, 0.1) is 5.69 Å². The summed E-state index contributed by atoms with van der Waals surface area (Å²) in [5.41, 5.74) is 5.71. The standard InChI is InChI=1S/C15H23N3S/c1-4-5-6-11-15(3)16-14(19)18(17-15)13-9-7-12(2)8-10-13/h7-10,17H,4-6,11H2,1-3H3,(H,16,19)/t15-/m0/s1. The molecule has 2 N–H and O–H groups in total. The molecule has 19 heavy (non-hydrogen) atoms. The van der Waals surface area contributed by atoms with Gasteiger partial charge in [0.25, 0.3) is 0 Å². The molecule has 1 fully saturated rings. The lowest BCUT2D eigenvalue weighted by molar-refractivity contribution is 0.334. The van der Waals surface area contributed by atoms with Gasteiger partial charge in [-0.1, -0.05) is 37.5 Å². The summed E-state index contributed by atoms with van der Waals surface area (Å²) in [6.45, 7) is 6.48. The summed E-state index contributed by atoms with van der Waals surface area (Å²) in [4.78, 5) is 0. The van der Waals surface area contributed by atoms with E-state index in [0.717, 1.165) is 17.2 Å². The predicted octanol–water partition coefficient (Wildman–Crippen LogP) is 3.49. The lowest BCUT2D eigenvalue weighted by Crippen LogP contribution is -2.48. The van der Waals surface area contributed by atoms with Crippen molar-refractivity contribution in [3.05, 3.63) is 29.8 Å². The maximum Gasteiger partial charge on any atom is 0.189 e. The molecule has 1 heterocycles. The molecule has 104 valence electrons. The van der Waals surface area contributed by atoms with Gasteiger partial charge < -0.3 is 5.32 Å². The zero-order chi connectivity index (χ0) is 13.9. The molecule has 3 nitrogen and oxygen atoms in total. The zero-order valence-electron chi connectivity index (χ0n) is 12.0. The number of hydrazine groups is 1. The molecular weight excluding hydrogens is 254 g/mol. The van der Waals surface area contributed by atoms with E-state index in [1.165, 1.54) is 24.8 Å². The molecule has 0 spiro atoms. The summed E-state index contributed by atoms with van der Waals surface area (Å²) < 4.78 is 0. The second-order valence-corrected chi connectivity index (χ2v) is 5.89. The van der Waals surface area contributed by atoms with Gasteiger partial charge in [-0.3, -0.25) is 5.01 Å². The highest BCUT2D eigenvalue weighted by molar-refractivity contribution is 7.80. The normalized spacial score (nSPS) is 22.7. The van der Waals surface area contributed by atoms with Crippen molar-refractivity contribution in [3.8, 4) is 0 Å². The van der Waals surface area contributed by atoms with Gasteiger partial charge in [-0.15, -0.1) is 0 Å². The van der Waals surface area contributed by atoms with Gasteiger partial charge in [-0.25, -0.2) is 5.43 Å². The van der Waals surface area contributed by atoms with Crippen LogP contribution in [0.25, 0.3) is 0 Å². The minimum atomic E-state index is -0.128. The van der Waals surface area contributed by atoms with Crippen molar-refractivity contribution in [1.82, 2.24) is 10.7 Å². The van der Waals surface area contributed by atoms with Crippen LogP contribution in [0.5, 0.6) is 0 Å². The topological polar surface area (TPSA) is 27.3 Å². The Balaban J connectivity index is 2.04. The molecule has 1 aliphatic rings. The number of nitrogens with zero attached hydrogens (tertiary/aromatic N) is 1. The van der Waals surface area contributed by atoms with Gasteiger partial charge in [-0.2, -0.15) is 0 Å². The number of hydrogen-bond donors (Lipinski definition) is 2. The Labute approximate surface area is 121 Å². The van der Waals surface area contributed by atoms with E-state index in [9.17, 15) is 0 Å². The molecule has 1 aromatic carbocycles. The van der Waals surface area contributed by atoms with Gasteiger partial charge in [0, 0.05) is 0 Å². The first-order valence-corrected chi connectivity index (χ1v) is 7.42. The molecule has 0 saturated carbocycles. The van der Waals surface area contributed by atoms with Crippen LogP contribution >= 0.6 is 12.2 Å². The molecule has 0 unspecified atom stereocenters. The van der Waals surface area contributed by atoms with Crippen LogP contribution in [0.15, 0.2) is 24.3 Å². The fourth-order valence-corrected chi connectivity index (χ4v) is 2.72. The minimum Gasteiger partial charge on any atom is -0.342 e. The lowest BCUT2D eigenvalue weighted by atomic mass is 10.1. The second-order valence-electron chi connectivity index (χ2n) is 5.50. The van der Waals surface area contributed by atoms with Crippen LogP contribution in [0.2, 0.25) is 0 Å². The number of nitrogens with one attached hydrogen (secondary N) is 2. The number of unbranched alkanes of at least 4 members (excludes halogenated alkanes) is 2. The number of hydrogen-bond acceptors (Lipinski definition) is 2. The van der Waals surface area contributed by atoms with Crippen LogP contribution in [-0.4, -0.2) is 10.8 Å². The summed E-state index contributed by atoms with van der Waals surface area (Å²) in [6.07, 6.45) is 4.78. The first-order valence-electron chi connectivity index (χ1n) is 7.01. The van der Waals surface area contributed by atoms with Crippen molar-refractivity contribution < 1.29 is 0 Å². The Hall–Kier alpha value is -1.13. The molecule has 1 atom stereocenters. The fraction of sp³-hybridized carbons (Fsp3) is 0.533. The Kier molecular flexibility index (Phi) is 4.42. The minimum absolute atomic E-state index is 0.128. The molecule has 1 aromatic rings. The largest absolute Gasteiger partial charge is 0.342 e. The summed E-state index contributed by atoms with van der Waals surface area (Å²) in [6, 6.07) is 8.39. The highest BCUT2D eigenvalue weighted by atomic mass is 32.1. The van der Waals surface area contributed by atoms with Crippen molar-refractivity contribution in [3.63, 3.8) is 0 Å². The van der Waals surface area contributed by atoms with Gasteiger partial charge in [0.1, 0.15) is 5.66 Å². The van der Waals surface area contributed by atoms with Crippen LogP contribution in [-0.2, 0) is 0 Å². The van der Waals surface area contributed by atoms with Crippen molar-refractivity contribution in [2.75, 3.05) is 5.01 Å². The van der Waals surface area contributed by atoms with Gasteiger partial charge in [0.15, 0.2) is 5.11 Å². The highest BCUT2D eigenvalue weighted by Crippen LogP contribution is 2.23. The summed E-state index contributed by atoms with van der Waals surface area (Å²) in [7, 11) is 0. The van der Waals surface area contributed by atoms with Crippen molar-refractivity contribution in [2.45, 2.75) is 52.1 Å². The second kappa shape index (κ2) is 5.88. The summed E-state index contributed by atoms with van der Waals surface area (Å²) >= 11 is 5.44. The van der Waals surface area contributed by atoms with E-state index in [-0.39, 0.29) is 5.66 Å². The third kappa shape index (κ3) is 3.45. The maximum absolute atomic E-state index is 5.44. The third-order valence-corrected chi connectivity index (χ3v) is 3.80. The molecule has 0 aliphatic carbocycles. The number of anilines is 1. The molecular formula is C15H23N3S. The summed E-state index contributed by atoms with van der Waals surface area (Å²) in [5, 5.41) is 6.12. The van der Waals surface area contributed by atoms with Crippen molar-refractivity contribution in [1.29, 1.82) is 0 Å². The Morgan fingerprint density at radius 3 is 2.53 bits per heavy atom. The van der Waals surface area contributed by atoms with E-state index in [2.05, 4.69) is 55.8 Å². The lowest BCUT2D eigenvalue weighted by Gasteiger charge is -2.25. The fourth-order valence-electron chi connectivity index (χ4n) is 2.34. The number of thiocarbonyl (C=S) groups is 1. The number of aryl methyl sites for hydroxylation is 1. The van der Waals surface area contributed by atoms with E-state index in [1.54, 1.807) is 0 Å². The Bertz CT molecular complexity index is 443. The van der Waals surface area contributed by atoms with E-state index in [1.807, 2.05) is 5.01 Å². The number of rotatable bonds is 5. The SMILES string of the molecule is CCCCC[C@@]1(C)NC(=S)N(c2ccc(C)cc2)N1. The predicted molar refractivity (Wildman–Crippen MR) is 85.1 cm³/mol. The first kappa shape index (κ1) is 14.3. The van der Waals surface area contributed by atoms with Crippen LogP contribution in [0.1, 0.15) is 45.1 Å².